The number of anilines is 1. The van der Waals surface area contributed by atoms with Gasteiger partial charge in [-0.2, -0.15) is 4.58 Å². The second-order valence-corrected chi connectivity index (χ2v) is 10.6. The van der Waals surface area contributed by atoms with Crippen molar-refractivity contribution in [3.05, 3.63) is 107 Å². The van der Waals surface area contributed by atoms with Gasteiger partial charge >= 0.3 is 0 Å². The molecule has 0 atom stereocenters. The van der Waals surface area contributed by atoms with E-state index in [0.717, 1.165) is 5.56 Å². The van der Waals surface area contributed by atoms with E-state index in [1.807, 2.05) is 6.07 Å². The summed E-state index contributed by atoms with van der Waals surface area (Å²) in [5, 5.41) is 2.63. The van der Waals surface area contributed by atoms with E-state index in [0.29, 0.717) is 0 Å². The fourth-order valence-corrected chi connectivity index (χ4v) is 5.98. The van der Waals surface area contributed by atoms with Crippen LogP contribution >= 0.6 is 0 Å². The van der Waals surface area contributed by atoms with Gasteiger partial charge < -0.3 is 4.90 Å². The van der Waals surface area contributed by atoms with Crippen LogP contribution in [0.3, 0.4) is 0 Å². The molecule has 0 radical (unpaired) electrons. The molecule has 0 fully saturated rings. The second kappa shape index (κ2) is 8.14. The fourth-order valence-electron chi connectivity index (χ4n) is 5.98. The summed E-state index contributed by atoms with van der Waals surface area (Å²) in [5.74, 6) is 2.77. The monoisotopic (exact) mass is 457 g/mol. The van der Waals surface area contributed by atoms with Crippen molar-refractivity contribution in [3.63, 3.8) is 0 Å². The van der Waals surface area contributed by atoms with Crippen LogP contribution in [0.5, 0.6) is 0 Å². The van der Waals surface area contributed by atoms with Crippen molar-refractivity contribution in [2.75, 3.05) is 19.0 Å². The van der Waals surface area contributed by atoms with Crippen molar-refractivity contribution in [2.45, 2.75) is 38.5 Å². The number of hydrogen-bond acceptors (Lipinski definition) is 1. The molecule has 2 heterocycles. The molecule has 5 rings (SSSR count). The molecule has 2 aliphatic heterocycles. The van der Waals surface area contributed by atoms with E-state index in [4.69, 9.17) is 6.42 Å². The van der Waals surface area contributed by atoms with Crippen molar-refractivity contribution < 1.29 is 4.58 Å². The first-order valence-corrected chi connectivity index (χ1v) is 12.2. The molecule has 174 valence electrons. The Morgan fingerprint density at radius 1 is 0.914 bits per heavy atom. The molecule has 0 unspecified atom stereocenters. The summed E-state index contributed by atoms with van der Waals surface area (Å²) in [6.45, 7) is 9.17. The molecule has 0 saturated carbocycles. The van der Waals surface area contributed by atoms with E-state index >= 15 is 0 Å². The third-order valence-electron chi connectivity index (χ3n) is 7.83. The zero-order chi connectivity index (χ0) is 25.0. The van der Waals surface area contributed by atoms with Crippen molar-refractivity contribution >= 4 is 27.9 Å². The molecular formula is C33H33N2+. The maximum Gasteiger partial charge on any atom is 0.210 e. The molecule has 0 N–H and O–H groups in total. The standard InChI is InChI=1S/C33H33N2/c1-8-23-18-20-27-26(22-23)32(2,3)29(34(27)6)16-10-9-11-17-30-33(4,5)31-25-15-13-12-14-24(25)19-21-28(31)35(30)7/h1,9-22H,2-7H3/q+1. The number of terminal acetylenes is 1. The van der Waals surface area contributed by atoms with Gasteiger partial charge in [0.1, 0.15) is 7.05 Å². The molecular weight excluding hydrogens is 424 g/mol. The zero-order valence-electron chi connectivity index (χ0n) is 21.6. The Hall–Kier alpha value is -3.83. The van der Waals surface area contributed by atoms with Crippen LogP contribution in [-0.2, 0) is 10.8 Å². The van der Waals surface area contributed by atoms with Gasteiger partial charge in [-0.1, -0.05) is 62.3 Å². The maximum atomic E-state index is 5.65. The minimum atomic E-state index is -0.101. The van der Waals surface area contributed by atoms with Crippen LogP contribution in [0.25, 0.3) is 10.8 Å². The SMILES string of the molecule is C#Cc1ccc2c(c1)C(C)(C)/C(=C/C=C/C=C/C1=[N+](C)c3ccc4ccccc4c3C1(C)C)N2C. The molecule has 0 saturated heterocycles. The van der Waals surface area contributed by atoms with Gasteiger partial charge in [-0.3, -0.25) is 0 Å². The normalized spacial score (nSPS) is 19.2. The number of nitrogens with zero attached hydrogens (tertiary/aromatic N) is 2. The lowest BCUT2D eigenvalue weighted by Gasteiger charge is -2.23. The molecule has 2 aliphatic rings. The lowest BCUT2D eigenvalue weighted by atomic mass is 9.79. The Kier molecular flexibility index (Phi) is 5.33. The number of hydrogen-bond donors (Lipinski definition) is 0. The highest BCUT2D eigenvalue weighted by atomic mass is 15.2. The van der Waals surface area contributed by atoms with Crippen molar-refractivity contribution in [1.82, 2.24) is 0 Å². The van der Waals surface area contributed by atoms with E-state index in [1.54, 1.807) is 0 Å². The van der Waals surface area contributed by atoms with Crippen molar-refractivity contribution in [1.29, 1.82) is 0 Å². The molecule has 2 heteroatoms. The first-order chi connectivity index (χ1) is 16.7. The first kappa shape index (κ1) is 22.9. The van der Waals surface area contributed by atoms with Gasteiger partial charge in [0.2, 0.25) is 5.69 Å². The number of allylic oxidation sites excluding steroid dienone is 6. The summed E-state index contributed by atoms with van der Waals surface area (Å²) in [5.41, 5.74) is 8.51. The molecule has 0 bridgehead atoms. The third kappa shape index (κ3) is 3.46. The molecule has 0 amide bonds. The van der Waals surface area contributed by atoms with Crippen molar-refractivity contribution in [2.24, 2.45) is 0 Å². The van der Waals surface area contributed by atoms with E-state index < -0.39 is 0 Å². The summed E-state index contributed by atoms with van der Waals surface area (Å²) in [6, 6.07) is 19.5. The van der Waals surface area contributed by atoms with Gasteiger partial charge in [0, 0.05) is 47.1 Å². The lowest BCUT2D eigenvalue weighted by Crippen LogP contribution is -2.26. The quantitative estimate of drug-likeness (QED) is 0.228. The molecule has 0 aliphatic carbocycles. The smallest absolute Gasteiger partial charge is 0.210 e. The van der Waals surface area contributed by atoms with Crippen molar-refractivity contribution in [3.8, 4) is 12.3 Å². The Balaban J connectivity index is 1.42. The highest BCUT2D eigenvalue weighted by Gasteiger charge is 2.44. The molecule has 0 spiro atoms. The minimum Gasteiger partial charge on any atom is -0.347 e. The summed E-state index contributed by atoms with van der Waals surface area (Å²) < 4.78 is 2.33. The Bertz CT molecular complexity index is 1520. The van der Waals surface area contributed by atoms with Gasteiger partial charge in [0.15, 0.2) is 5.71 Å². The average molecular weight is 458 g/mol. The predicted molar refractivity (Wildman–Crippen MR) is 150 cm³/mol. The van der Waals surface area contributed by atoms with Gasteiger partial charge in [0.05, 0.1) is 5.41 Å². The van der Waals surface area contributed by atoms with E-state index in [2.05, 4.69) is 136 Å². The minimum absolute atomic E-state index is 0.0716. The Labute approximate surface area is 209 Å². The number of benzene rings is 3. The van der Waals surface area contributed by atoms with Crippen LogP contribution in [-0.4, -0.2) is 24.4 Å². The maximum absolute atomic E-state index is 5.65. The van der Waals surface area contributed by atoms with Gasteiger partial charge in [-0.25, -0.2) is 0 Å². The number of fused-ring (bicyclic) bond motifs is 4. The first-order valence-electron chi connectivity index (χ1n) is 12.2. The molecule has 2 nitrogen and oxygen atoms in total. The highest BCUT2D eigenvalue weighted by Crippen LogP contribution is 2.47. The van der Waals surface area contributed by atoms with Gasteiger partial charge in [0.25, 0.3) is 0 Å². The van der Waals surface area contributed by atoms with Gasteiger partial charge in [-0.15, -0.1) is 6.42 Å². The molecule has 3 aromatic rings. The summed E-state index contributed by atoms with van der Waals surface area (Å²) in [7, 11) is 4.30. The summed E-state index contributed by atoms with van der Waals surface area (Å²) in [6.07, 6.45) is 16.5. The molecule has 3 aromatic carbocycles. The summed E-state index contributed by atoms with van der Waals surface area (Å²) >= 11 is 0. The van der Waals surface area contributed by atoms with Crippen LogP contribution in [0.2, 0.25) is 0 Å². The van der Waals surface area contributed by atoms with Crippen LogP contribution in [0.4, 0.5) is 11.4 Å². The van der Waals surface area contributed by atoms with Crippen LogP contribution < -0.4 is 4.90 Å². The lowest BCUT2D eigenvalue weighted by molar-refractivity contribution is -0.401. The largest absolute Gasteiger partial charge is 0.347 e. The van der Waals surface area contributed by atoms with Crippen LogP contribution in [0, 0.1) is 12.3 Å². The van der Waals surface area contributed by atoms with E-state index in [-0.39, 0.29) is 10.8 Å². The number of rotatable bonds is 3. The number of likely N-dealkylation sites (N-methyl/N-ethyl adjacent to an activating group) is 1. The topological polar surface area (TPSA) is 6.25 Å². The molecule has 0 aromatic heterocycles. The summed E-state index contributed by atoms with van der Waals surface area (Å²) in [4.78, 5) is 2.27. The van der Waals surface area contributed by atoms with E-state index in [9.17, 15) is 0 Å². The van der Waals surface area contributed by atoms with Gasteiger partial charge in [-0.05, 0) is 60.5 Å². The predicted octanol–water partition coefficient (Wildman–Crippen LogP) is 7.25. The third-order valence-corrected chi connectivity index (χ3v) is 7.83. The van der Waals surface area contributed by atoms with Crippen LogP contribution in [0.1, 0.15) is 44.4 Å². The average Bonchev–Trinajstić information content (AvgIpc) is 3.16. The second-order valence-electron chi connectivity index (χ2n) is 10.6. The zero-order valence-corrected chi connectivity index (χ0v) is 21.6. The highest BCUT2D eigenvalue weighted by molar-refractivity contribution is 6.07. The fraction of sp³-hybridized carbons (Fsp3) is 0.242. The Morgan fingerprint density at radius 2 is 1.69 bits per heavy atom. The van der Waals surface area contributed by atoms with Crippen LogP contribution in [0.15, 0.2) is 90.7 Å². The Morgan fingerprint density at radius 3 is 2.46 bits per heavy atom. The van der Waals surface area contributed by atoms with E-state index in [1.165, 1.54) is 44.7 Å². The molecule has 35 heavy (non-hydrogen) atoms.